The summed E-state index contributed by atoms with van der Waals surface area (Å²) in [5, 5.41) is 8.72. The van der Waals surface area contributed by atoms with Crippen LogP contribution in [0.15, 0.2) is 18.2 Å². The van der Waals surface area contributed by atoms with Gasteiger partial charge in [0.05, 0.1) is 5.56 Å². The second kappa shape index (κ2) is 7.66. The lowest BCUT2D eigenvalue weighted by Gasteiger charge is -2.19. The Kier molecular flexibility index (Phi) is 6.20. The van der Waals surface area contributed by atoms with Crippen LogP contribution in [0.4, 0.5) is 4.39 Å². The molecule has 0 heterocycles. The summed E-state index contributed by atoms with van der Waals surface area (Å²) in [7, 11) is 1.72. The fourth-order valence-corrected chi connectivity index (χ4v) is 1.70. The van der Waals surface area contributed by atoms with E-state index in [0.29, 0.717) is 23.6 Å². The van der Waals surface area contributed by atoms with Gasteiger partial charge in [0.15, 0.2) is 0 Å². The first-order valence-corrected chi connectivity index (χ1v) is 6.60. The number of hydrogen-bond donors (Lipinski definition) is 1. The number of amides is 1. The molecule has 0 spiro atoms. The van der Waals surface area contributed by atoms with Crippen molar-refractivity contribution < 1.29 is 14.3 Å². The average Bonchev–Trinajstić information content (AvgIpc) is 2.41. The van der Waals surface area contributed by atoms with E-state index in [0.717, 1.165) is 6.42 Å². The number of rotatable bonds is 4. The Morgan fingerprint density at radius 3 is 2.75 bits per heavy atom. The van der Waals surface area contributed by atoms with Crippen molar-refractivity contribution in [3.05, 3.63) is 35.1 Å². The summed E-state index contributed by atoms with van der Waals surface area (Å²) in [6.45, 7) is 4.50. The van der Waals surface area contributed by atoms with Crippen molar-refractivity contribution in [1.82, 2.24) is 4.90 Å². The van der Waals surface area contributed by atoms with E-state index in [4.69, 9.17) is 5.11 Å². The zero-order valence-electron chi connectivity index (χ0n) is 12.1. The summed E-state index contributed by atoms with van der Waals surface area (Å²) in [5.41, 5.74) is 0.666. The third-order valence-electron chi connectivity index (χ3n) is 2.90. The van der Waals surface area contributed by atoms with E-state index in [9.17, 15) is 9.18 Å². The van der Waals surface area contributed by atoms with E-state index >= 15 is 0 Å². The minimum absolute atomic E-state index is 0.187. The SMILES string of the molecule is CC(C)CCN(C)C(=O)c1ccc(F)cc1C#CCO. The van der Waals surface area contributed by atoms with Gasteiger partial charge in [0.25, 0.3) is 5.91 Å². The number of carbonyl (C=O) groups is 1. The standard InChI is InChI=1S/C16H20FNO2/c1-12(2)8-9-18(3)16(20)15-7-6-14(17)11-13(15)5-4-10-19/h6-7,11-12,19H,8-10H2,1-3H3. The van der Waals surface area contributed by atoms with Crippen LogP contribution < -0.4 is 0 Å². The van der Waals surface area contributed by atoms with Crippen LogP contribution in [-0.2, 0) is 0 Å². The van der Waals surface area contributed by atoms with E-state index in [1.165, 1.54) is 18.2 Å². The number of benzene rings is 1. The monoisotopic (exact) mass is 277 g/mol. The molecular formula is C16H20FNO2. The van der Waals surface area contributed by atoms with Crippen molar-refractivity contribution in [2.45, 2.75) is 20.3 Å². The molecule has 0 aliphatic rings. The van der Waals surface area contributed by atoms with Crippen LogP contribution in [0.25, 0.3) is 0 Å². The number of aliphatic hydroxyl groups excluding tert-OH is 1. The molecule has 0 aromatic heterocycles. The Morgan fingerprint density at radius 1 is 1.45 bits per heavy atom. The van der Waals surface area contributed by atoms with Gasteiger partial charge in [0.2, 0.25) is 0 Å². The van der Waals surface area contributed by atoms with Crippen molar-refractivity contribution in [2.75, 3.05) is 20.2 Å². The first-order chi connectivity index (χ1) is 9.45. The maximum atomic E-state index is 13.2. The van der Waals surface area contributed by atoms with Gasteiger partial charge < -0.3 is 10.0 Å². The van der Waals surface area contributed by atoms with Crippen molar-refractivity contribution in [2.24, 2.45) is 5.92 Å². The van der Waals surface area contributed by atoms with Crippen LogP contribution in [0, 0.1) is 23.6 Å². The summed E-state index contributed by atoms with van der Waals surface area (Å²) < 4.78 is 13.2. The molecule has 0 fully saturated rings. The highest BCUT2D eigenvalue weighted by atomic mass is 19.1. The molecule has 0 saturated heterocycles. The van der Waals surface area contributed by atoms with E-state index < -0.39 is 5.82 Å². The van der Waals surface area contributed by atoms with Gasteiger partial charge >= 0.3 is 0 Å². The lowest BCUT2D eigenvalue weighted by atomic mass is 10.1. The largest absolute Gasteiger partial charge is 0.384 e. The summed E-state index contributed by atoms with van der Waals surface area (Å²) >= 11 is 0. The summed E-state index contributed by atoms with van der Waals surface area (Å²) in [5.74, 6) is 4.93. The molecule has 0 bridgehead atoms. The highest BCUT2D eigenvalue weighted by Crippen LogP contribution is 2.13. The number of carbonyl (C=O) groups excluding carboxylic acids is 1. The second-order valence-corrected chi connectivity index (χ2v) is 5.06. The number of halogens is 1. The van der Waals surface area contributed by atoms with E-state index in [2.05, 4.69) is 25.7 Å². The van der Waals surface area contributed by atoms with Crippen LogP contribution in [0.5, 0.6) is 0 Å². The van der Waals surface area contributed by atoms with Gasteiger partial charge in [-0.2, -0.15) is 0 Å². The van der Waals surface area contributed by atoms with Crippen molar-refractivity contribution in [3.63, 3.8) is 0 Å². The smallest absolute Gasteiger partial charge is 0.254 e. The van der Waals surface area contributed by atoms with Crippen LogP contribution >= 0.6 is 0 Å². The molecule has 0 aliphatic heterocycles. The van der Waals surface area contributed by atoms with Crippen molar-refractivity contribution in [3.8, 4) is 11.8 Å². The fraction of sp³-hybridized carbons (Fsp3) is 0.438. The Hall–Kier alpha value is -1.86. The van der Waals surface area contributed by atoms with Gasteiger partial charge in [0.1, 0.15) is 12.4 Å². The highest BCUT2D eigenvalue weighted by molar-refractivity contribution is 5.96. The van der Waals surface area contributed by atoms with Crippen molar-refractivity contribution in [1.29, 1.82) is 0 Å². The van der Waals surface area contributed by atoms with E-state index in [1.807, 2.05) is 0 Å². The van der Waals surface area contributed by atoms with Gasteiger partial charge in [-0.05, 0) is 30.5 Å². The molecule has 0 saturated carbocycles. The first kappa shape index (κ1) is 16.2. The molecule has 108 valence electrons. The summed E-state index contributed by atoms with van der Waals surface area (Å²) in [4.78, 5) is 13.9. The molecule has 0 radical (unpaired) electrons. The molecule has 1 aromatic carbocycles. The number of aliphatic hydroxyl groups is 1. The Morgan fingerprint density at radius 2 is 2.15 bits per heavy atom. The molecule has 1 amide bonds. The zero-order valence-corrected chi connectivity index (χ0v) is 12.1. The molecule has 0 aliphatic carbocycles. The van der Waals surface area contributed by atoms with Gasteiger partial charge in [-0.3, -0.25) is 4.79 Å². The molecule has 20 heavy (non-hydrogen) atoms. The fourth-order valence-electron chi connectivity index (χ4n) is 1.70. The lowest BCUT2D eigenvalue weighted by molar-refractivity contribution is 0.0789. The number of hydrogen-bond acceptors (Lipinski definition) is 2. The summed E-state index contributed by atoms with van der Waals surface area (Å²) in [6.07, 6.45) is 0.904. The molecule has 0 unspecified atom stereocenters. The van der Waals surface area contributed by atoms with Gasteiger partial charge in [-0.15, -0.1) is 0 Å². The van der Waals surface area contributed by atoms with Crippen LogP contribution in [0.1, 0.15) is 36.2 Å². The topological polar surface area (TPSA) is 40.5 Å². The average molecular weight is 277 g/mol. The van der Waals surface area contributed by atoms with Gasteiger partial charge in [-0.25, -0.2) is 4.39 Å². The molecule has 1 aromatic rings. The Balaban J connectivity index is 2.97. The molecule has 1 rings (SSSR count). The molecule has 0 atom stereocenters. The van der Waals surface area contributed by atoms with Crippen LogP contribution in [0.2, 0.25) is 0 Å². The van der Waals surface area contributed by atoms with Crippen molar-refractivity contribution >= 4 is 5.91 Å². The van der Waals surface area contributed by atoms with E-state index in [-0.39, 0.29) is 12.5 Å². The molecular weight excluding hydrogens is 257 g/mol. The first-order valence-electron chi connectivity index (χ1n) is 6.60. The zero-order chi connectivity index (χ0) is 15.1. The Labute approximate surface area is 119 Å². The second-order valence-electron chi connectivity index (χ2n) is 5.06. The maximum Gasteiger partial charge on any atom is 0.254 e. The molecule has 4 heteroatoms. The minimum atomic E-state index is -0.450. The molecule has 3 nitrogen and oxygen atoms in total. The Bertz CT molecular complexity index is 529. The normalized spacial score (nSPS) is 10.1. The third kappa shape index (κ3) is 4.67. The van der Waals surface area contributed by atoms with Gasteiger partial charge in [0, 0.05) is 19.2 Å². The van der Waals surface area contributed by atoms with Crippen LogP contribution in [-0.4, -0.2) is 36.1 Å². The quantitative estimate of drug-likeness (QED) is 0.858. The minimum Gasteiger partial charge on any atom is -0.384 e. The highest BCUT2D eigenvalue weighted by Gasteiger charge is 2.15. The predicted octanol–water partition coefficient (Wildman–Crippen LogP) is 2.29. The lowest BCUT2D eigenvalue weighted by Crippen LogP contribution is -2.29. The summed E-state index contributed by atoms with van der Waals surface area (Å²) in [6, 6.07) is 3.89. The molecule has 1 N–H and O–H groups in total. The predicted molar refractivity (Wildman–Crippen MR) is 76.8 cm³/mol. The van der Waals surface area contributed by atoms with Crippen LogP contribution in [0.3, 0.4) is 0 Å². The number of nitrogens with zero attached hydrogens (tertiary/aromatic N) is 1. The van der Waals surface area contributed by atoms with Gasteiger partial charge in [-0.1, -0.05) is 25.7 Å². The van der Waals surface area contributed by atoms with E-state index in [1.54, 1.807) is 11.9 Å². The maximum absolute atomic E-state index is 13.2. The third-order valence-corrected chi connectivity index (χ3v) is 2.90.